The Kier molecular flexibility index (Phi) is 2.46. The summed E-state index contributed by atoms with van der Waals surface area (Å²) in [5.41, 5.74) is 0. The average molecular weight is 211 g/mol. The normalized spacial score (nSPS) is 26.5. The highest BCUT2D eigenvalue weighted by molar-refractivity contribution is 6.01. The third-order valence-corrected chi connectivity index (χ3v) is 2.90. The highest BCUT2D eigenvalue weighted by Gasteiger charge is 2.43. The van der Waals surface area contributed by atoms with Crippen LogP contribution >= 0.6 is 0 Å². The lowest BCUT2D eigenvalue weighted by atomic mass is 10.0. The van der Waals surface area contributed by atoms with E-state index in [0.29, 0.717) is 19.3 Å². The second kappa shape index (κ2) is 3.64. The fourth-order valence-corrected chi connectivity index (χ4v) is 1.91. The summed E-state index contributed by atoms with van der Waals surface area (Å²) in [6.45, 7) is 0. The van der Waals surface area contributed by atoms with Gasteiger partial charge in [-0.2, -0.15) is 0 Å². The van der Waals surface area contributed by atoms with Crippen LogP contribution in [0.3, 0.4) is 0 Å². The smallest absolute Gasteiger partial charge is 0.326 e. The minimum atomic E-state index is -1.07. The molecule has 1 heterocycles. The van der Waals surface area contributed by atoms with Gasteiger partial charge in [-0.1, -0.05) is 0 Å². The van der Waals surface area contributed by atoms with Gasteiger partial charge >= 0.3 is 5.97 Å². The van der Waals surface area contributed by atoms with Crippen LogP contribution in [-0.2, 0) is 14.4 Å². The summed E-state index contributed by atoms with van der Waals surface area (Å²) in [5.74, 6) is -1.79. The van der Waals surface area contributed by atoms with E-state index in [1.165, 1.54) is 0 Å². The Morgan fingerprint density at radius 2 is 1.93 bits per heavy atom. The maximum atomic E-state index is 11.7. The number of amides is 2. The fraction of sp³-hybridized carbons (Fsp3) is 0.700. The van der Waals surface area contributed by atoms with Crippen molar-refractivity contribution in [3.63, 3.8) is 0 Å². The van der Waals surface area contributed by atoms with E-state index < -0.39 is 12.0 Å². The predicted molar refractivity (Wildman–Crippen MR) is 49.9 cm³/mol. The lowest BCUT2D eigenvalue weighted by Gasteiger charge is -2.31. The molecular weight excluding hydrogens is 198 g/mol. The third-order valence-electron chi connectivity index (χ3n) is 2.90. The number of nitrogens with zero attached hydrogens (tertiary/aromatic N) is 1. The van der Waals surface area contributed by atoms with Crippen LogP contribution in [0.15, 0.2) is 0 Å². The number of carbonyl (C=O) groups is 3. The molecule has 1 saturated carbocycles. The molecule has 0 aromatic heterocycles. The topological polar surface area (TPSA) is 74.7 Å². The van der Waals surface area contributed by atoms with Crippen molar-refractivity contribution in [1.29, 1.82) is 0 Å². The van der Waals surface area contributed by atoms with E-state index in [4.69, 9.17) is 5.11 Å². The summed E-state index contributed by atoms with van der Waals surface area (Å²) in [6, 6.07) is -0.931. The van der Waals surface area contributed by atoms with Crippen LogP contribution in [0.25, 0.3) is 0 Å². The zero-order valence-corrected chi connectivity index (χ0v) is 8.31. The molecule has 2 amide bonds. The molecule has 5 heteroatoms. The molecule has 0 aromatic rings. The Morgan fingerprint density at radius 1 is 1.27 bits per heavy atom. The largest absolute Gasteiger partial charge is 0.480 e. The molecule has 1 unspecified atom stereocenters. The summed E-state index contributed by atoms with van der Waals surface area (Å²) >= 11 is 0. The average Bonchev–Trinajstić information content (AvgIpc) is 2.99. The zero-order chi connectivity index (χ0) is 11.0. The van der Waals surface area contributed by atoms with Crippen molar-refractivity contribution in [2.45, 2.75) is 38.1 Å². The highest BCUT2D eigenvalue weighted by atomic mass is 16.4. The molecule has 0 radical (unpaired) electrons. The van der Waals surface area contributed by atoms with Crippen molar-refractivity contribution in [1.82, 2.24) is 4.90 Å². The number of imide groups is 1. The first-order chi connectivity index (χ1) is 7.11. The van der Waals surface area contributed by atoms with Crippen molar-refractivity contribution < 1.29 is 19.5 Å². The van der Waals surface area contributed by atoms with Crippen LogP contribution in [0.2, 0.25) is 0 Å². The number of carbonyl (C=O) groups excluding carboxylic acids is 2. The minimum absolute atomic E-state index is 0.103. The van der Waals surface area contributed by atoms with Crippen LogP contribution in [0.5, 0.6) is 0 Å². The molecule has 2 rings (SSSR count). The van der Waals surface area contributed by atoms with E-state index in [0.717, 1.165) is 17.7 Å². The second-order valence-corrected chi connectivity index (χ2v) is 4.12. The van der Waals surface area contributed by atoms with E-state index in [2.05, 4.69) is 0 Å². The summed E-state index contributed by atoms with van der Waals surface area (Å²) in [6.07, 6.45) is 2.82. The van der Waals surface area contributed by atoms with Crippen LogP contribution in [-0.4, -0.2) is 33.8 Å². The Bertz CT molecular complexity index is 321. The Balaban J connectivity index is 2.17. The SMILES string of the molecule is O=C(O)C1CCCC(=O)N1C(=O)C1CC1. The van der Waals surface area contributed by atoms with Crippen molar-refractivity contribution in [2.24, 2.45) is 5.92 Å². The maximum Gasteiger partial charge on any atom is 0.326 e. The molecule has 15 heavy (non-hydrogen) atoms. The molecule has 1 atom stereocenters. The second-order valence-electron chi connectivity index (χ2n) is 4.12. The molecule has 1 aliphatic heterocycles. The molecular formula is C10H13NO4. The zero-order valence-electron chi connectivity index (χ0n) is 8.31. The molecule has 1 saturated heterocycles. The maximum absolute atomic E-state index is 11.7. The van der Waals surface area contributed by atoms with Gasteiger partial charge in [-0.05, 0) is 25.7 Å². The molecule has 82 valence electrons. The van der Waals surface area contributed by atoms with Crippen LogP contribution in [0.1, 0.15) is 32.1 Å². The Hall–Kier alpha value is -1.39. The van der Waals surface area contributed by atoms with Gasteiger partial charge in [-0.3, -0.25) is 14.5 Å². The van der Waals surface area contributed by atoms with Crippen molar-refractivity contribution in [3.8, 4) is 0 Å². The molecule has 0 bridgehead atoms. The summed E-state index contributed by atoms with van der Waals surface area (Å²) < 4.78 is 0. The number of piperidine rings is 1. The molecule has 0 aromatic carbocycles. The van der Waals surface area contributed by atoms with Crippen molar-refractivity contribution in [3.05, 3.63) is 0 Å². The van der Waals surface area contributed by atoms with Gasteiger partial charge in [0.2, 0.25) is 11.8 Å². The van der Waals surface area contributed by atoms with E-state index >= 15 is 0 Å². The number of rotatable bonds is 2. The van der Waals surface area contributed by atoms with Gasteiger partial charge in [0, 0.05) is 12.3 Å². The first-order valence-electron chi connectivity index (χ1n) is 5.20. The summed E-state index contributed by atoms with van der Waals surface area (Å²) in [5, 5.41) is 8.93. The number of likely N-dealkylation sites (tertiary alicyclic amines) is 1. The molecule has 1 aliphatic carbocycles. The first-order valence-corrected chi connectivity index (χ1v) is 5.20. The fourth-order valence-electron chi connectivity index (χ4n) is 1.91. The lowest BCUT2D eigenvalue weighted by Crippen LogP contribution is -2.51. The predicted octanol–water partition coefficient (Wildman–Crippen LogP) is 0.389. The number of carboxylic acids is 1. The highest BCUT2D eigenvalue weighted by Crippen LogP contribution is 2.33. The molecule has 1 N–H and O–H groups in total. The lowest BCUT2D eigenvalue weighted by molar-refractivity contribution is -0.161. The van der Waals surface area contributed by atoms with E-state index in [1.807, 2.05) is 0 Å². The summed E-state index contributed by atoms with van der Waals surface area (Å²) in [4.78, 5) is 35.1. The van der Waals surface area contributed by atoms with Crippen LogP contribution < -0.4 is 0 Å². The number of aliphatic carboxylic acids is 1. The number of hydrogen-bond donors (Lipinski definition) is 1. The number of hydrogen-bond acceptors (Lipinski definition) is 3. The van der Waals surface area contributed by atoms with Gasteiger partial charge < -0.3 is 5.11 Å². The summed E-state index contributed by atoms with van der Waals surface area (Å²) in [7, 11) is 0. The van der Waals surface area contributed by atoms with E-state index in [1.54, 1.807) is 0 Å². The van der Waals surface area contributed by atoms with Gasteiger partial charge in [-0.15, -0.1) is 0 Å². The van der Waals surface area contributed by atoms with Crippen LogP contribution in [0.4, 0.5) is 0 Å². The van der Waals surface area contributed by atoms with Gasteiger partial charge in [0.15, 0.2) is 0 Å². The van der Waals surface area contributed by atoms with Crippen molar-refractivity contribution >= 4 is 17.8 Å². The van der Waals surface area contributed by atoms with Gasteiger partial charge in [0.1, 0.15) is 6.04 Å². The van der Waals surface area contributed by atoms with Gasteiger partial charge in [0.05, 0.1) is 0 Å². The molecule has 0 spiro atoms. The van der Waals surface area contributed by atoms with E-state index in [9.17, 15) is 14.4 Å². The molecule has 2 aliphatic rings. The van der Waals surface area contributed by atoms with Crippen molar-refractivity contribution in [2.75, 3.05) is 0 Å². The Labute approximate surface area is 87.1 Å². The number of carboxylic acid groups (broad SMARTS) is 1. The first kappa shape index (κ1) is 10.1. The van der Waals surface area contributed by atoms with Gasteiger partial charge in [-0.25, -0.2) is 4.79 Å². The molecule has 5 nitrogen and oxygen atoms in total. The van der Waals surface area contributed by atoms with E-state index in [-0.39, 0.29) is 17.7 Å². The molecule has 2 fully saturated rings. The Morgan fingerprint density at radius 3 is 2.47 bits per heavy atom. The minimum Gasteiger partial charge on any atom is -0.480 e. The quantitative estimate of drug-likeness (QED) is 0.670. The standard InChI is InChI=1S/C10H13NO4/c12-8-3-1-2-7(10(14)15)11(8)9(13)6-4-5-6/h6-7H,1-5H2,(H,14,15). The third kappa shape index (κ3) is 1.86. The van der Waals surface area contributed by atoms with Crippen LogP contribution in [0, 0.1) is 5.92 Å². The van der Waals surface area contributed by atoms with Gasteiger partial charge in [0.25, 0.3) is 0 Å². The monoisotopic (exact) mass is 211 g/mol.